The average molecular weight is 336 g/mol. The highest BCUT2D eigenvalue weighted by Gasteiger charge is 2.23. The summed E-state index contributed by atoms with van der Waals surface area (Å²) in [6, 6.07) is 0. The van der Waals surface area contributed by atoms with Crippen molar-refractivity contribution in [3.05, 3.63) is 33.2 Å². The lowest BCUT2D eigenvalue weighted by molar-refractivity contribution is -0.123. The van der Waals surface area contributed by atoms with E-state index < -0.39 is 0 Å². The van der Waals surface area contributed by atoms with E-state index >= 15 is 0 Å². The molecule has 7 heteroatoms. The number of carbonyl (C=O) groups excluding carboxylic acids is 1. The van der Waals surface area contributed by atoms with Crippen LogP contribution >= 0.6 is 24.8 Å². The van der Waals surface area contributed by atoms with Crippen LogP contribution in [0, 0.1) is 19.8 Å². The van der Waals surface area contributed by atoms with Crippen LogP contribution in [0.1, 0.15) is 29.7 Å². The van der Waals surface area contributed by atoms with Gasteiger partial charge in [0.2, 0.25) is 5.91 Å². The van der Waals surface area contributed by atoms with Crippen LogP contribution in [0.15, 0.2) is 11.0 Å². The zero-order valence-corrected chi connectivity index (χ0v) is 14.0. The summed E-state index contributed by atoms with van der Waals surface area (Å²) in [6.45, 7) is 6.10. The van der Waals surface area contributed by atoms with E-state index in [0.29, 0.717) is 0 Å². The SMILES string of the molecule is Cc1c[nH]c(CN2CCC(C(N)=O)CC2)c(C)c1=O.Cl.Cl. The average Bonchev–Trinajstić information content (AvgIpc) is 2.40. The van der Waals surface area contributed by atoms with E-state index in [0.717, 1.165) is 49.3 Å². The van der Waals surface area contributed by atoms with Gasteiger partial charge in [-0.2, -0.15) is 0 Å². The second-order valence-electron chi connectivity index (χ2n) is 5.36. The third-order valence-corrected chi connectivity index (χ3v) is 3.99. The lowest BCUT2D eigenvalue weighted by Crippen LogP contribution is -2.38. The second-order valence-corrected chi connectivity index (χ2v) is 5.36. The van der Waals surface area contributed by atoms with Crippen LogP contribution in [0.3, 0.4) is 0 Å². The number of aromatic amines is 1. The predicted molar refractivity (Wildman–Crippen MR) is 88.2 cm³/mol. The van der Waals surface area contributed by atoms with Gasteiger partial charge in [-0.25, -0.2) is 0 Å². The Hall–Kier alpha value is -1.04. The Bertz CT molecular complexity index is 538. The van der Waals surface area contributed by atoms with Crippen LogP contribution in [0.2, 0.25) is 0 Å². The molecule has 0 bridgehead atoms. The van der Waals surface area contributed by atoms with Crippen molar-refractivity contribution in [2.24, 2.45) is 11.7 Å². The van der Waals surface area contributed by atoms with Crippen molar-refractivity contribution in [2.45, 2.75) is 33.2 Å². The first-order valence-corrected chi connectivity index (χ1v) is 6.68. The van der Waals surface area contributed by atoms with Crippen LogP contribution < -0.4 is 11.2 Å². The van der Waals surface area contributed by atoms with E-state index in [1.807, 2.05) is 13.8 Å². The van der Waals surface area contributed by atoms with Crippen molar-refractivity contribution >= 4 is 30.7 Å². The largest absolute Gasteiger partial charge is 0.369 e. The smallest absolute Gasteiger partial charge is 0.220 e. The molecule has 21 heavy (non-hydrogen) atoms. The Balaban J connectivity index is 0.00000200. The number of primary amides is 1. The summed E-state index contributed by atoms with van der Waals surface area (Å²) in [5.41, 5.74) is 7.93. The number of nitrogens with zero attached hydrogens (tertiary/aromatic N) is 1. The van der Waals surface area contributed by atoms with Gasteiger partial charge in [-0.3, -0.25) is 14.5 Å². The van der Waals surface area contributed by atoms with Gasteiger partial charge in [0, 0.05) is 35.5 Å². The van der Waals surface area contributed by atoms with Gasteiger partial charge in [-0.15, -0.1) is 24.8 Å². The second kappa shape index (κ2) is 8.41. The minimum absolute atomic E-state index is 0. The molecule has 0 aliphatic carbocycles. The molecule has 2 heterocycles. The normalized spacial score (nSPS) is 15.9. The maximum Gasteiger partial charge on any atom is 0.220 e. The number of carbonyl (C=O) groups is 1. The quantitative estimate of drug-likeness (QED) is 0.879. The number of pyridine rings is 1. The number of hydrogen-bond donors (Lipinski definition) is 2. The molecule has 3 N–H and O–H groups in total. The van der Waals surface area contributed by atoms with Gasteiger partial charge in [0.15, 0.2) is 5.43 Å². The van der Waals surface area contributed by atoms with Crippen molar-refractivity contribution < 1.29 is 4.79 Å². The van der Waals surface area contributed by atoms with Gasteiger partial charge in [-0.1, -0.05) is 0 Å². The summed E-state index contributed by atoms with van der Waals surface area (Å²) in [7, 11) is 0. The fourth-order valence-corrected chi connectivity index (χ4v) is 2.57. The van der Waals surface area contributed by atoms with Gasteiger partial charge in [0.25, 0.3) is 0 Å². The maximum absolute atomic E-state index is 11.9. The molecule has 0 spiro atoms. The molecule has 0 radical (unpaired) electrons. The predicted octanol–water partition coefficient (Wildman–Crippen LogP) is 1.53. The highest BCUT2D eigenvalue weighted by molar-refractivity contribution is 5.85. The lowest BCUT2D eigenvalue weighted by atomic mass is 9.96. The van der Waals surface area contributed by atoms with E-state index in [1.165, 1.54) is 0 Å². The summed E-state index contributed by atoms with van der Waals surface area (Å²) < 4.78 is 0. The number of aromatic nitrogens is 1. The molecular weight excluding hydrogens is 313 g/mol. The number of likely N-dealkylation sites (tertiary alicyclic amines) is 1. The molecule has 1 fully saturated rings. The number of nitrogens with two attached hydrogens (primary N) is 1. The van der Waals surface area contributed by atoms with Gasteiger partial charge < -0.3 is 10.7 Å². The monoisotopic (exact) mass is 335 g/mol. The van der Waals surface area contributed by atoms with E-state index in [2.05, 4.69) is 9.88 Å². The Morgan fingerprint density at radius 1 is 1.33 bits per heavy atom. The van der Waals surface area contributed by atoms with Crippen LogP contribution in [-0.4, -0.2) is 28.9 Å². The molecule has 0 unspecified atom stereocenters. The van der Waals surface area contributed by atoms with Gasteiger partial charge in [-0.05, 0) is 39.8 Å². The van der Waals surface area contributed by atoms with Crippen LogP contribution in [-0.2, 0) is 11.3 Å². The van der Waals surface area contributed by atoms with Crippen molar-refractivity contribution in [3.63, 3.8) is 0 Å². The van der Waals surface area contributed by atoms with E-state index in [-0.39, 0.29) is 42.1 Å². The fraction of sp³-hybridized carbons (Fsp3) is 0.571. The Kier molecular flexibility index (Phi) is 8.00. The molecule has 1 aromatic heterocycles. The molecule has 0 atom stereocenters. The zero-order valence-electron chi connectivity index (χ0n) is 12.3. The van der Waals surface area contributed by atoms with Crippen molar-refractivity contribution in [1.82, 2.24) is 9.88 Å². The minimum Gasteiger partial charge on any atom is -0.369 e. The molecule has 5 nitrogen and oxygen atoms in total. The number of nitrogens with one attached hydrogen (secondary N) is 1. The first-order valence-electron chi connectivity index (χ1n) is 6.68. The van der Waals surface area contributed by atoms with Crippen LogP contribution in [0.25, 0.3) is 0 Å². The minimum atomic E-state index is -0.195. The van der Waals surface area contributed by atoms with Crippen molar-refractivity contribution in [1.29, 1.82) is 0 Å². The van der Waals surface area contributed by atoms with Gasteiger partial charge >= 0.3 is 0 Å². The van der Waals surface area contributed by atoms with Crippen LogP contribution in [0.4, 0.5) is 0 Å². The molecule has 120 valence electrons. The summed E-state index contributed by atoms with van der Waals surface area (Å²) in [5.74, 6) is -0.186. The van der Waals surface area contributed by atoms with Crippen molar-refractivity contribution in [2.75, 3.05) is 13.1 Å². The fourth-order valence-electron chi connectivity index (χ4n) is 2.57. The Morgan fingerprint density at radius 2 is 1.90 bits per heavy atom. The molecule has 1 aromatic rings. The molecular formula is C14H23Cl2N3O2. The number of rotatable bonds is 3. The Labute approximate surface area is 137 Å². The number of hydrogen-bond acceptors (Lipinski definition) is 3. The van der Waals surface area contributed by atoms with Crippen LogP contribution in [0.5, 0.6) is 0 Å². The van der Waals surface area contributed by atoms with Crippen molar-refractivity contribution in [3.8, 4) is 0 Å². The van der Waals surface area contributed by atoms with E-state index in [4.69, 9.17) is 5.73 Å². The summed E-state index contributed by atoms with van der Waals surface area (Å²) in [4.78, 5) is 28.4. The maximum atomic E-state index is 11.9. The molecule has 1 amide bonds. The highest BCUT2D eigenvalue weighted by Crippen LogP contribution is 2.18. The standard InChI is InChI=1S/C14H21N3O2.2ClH/c1-9-7-16-12(10(2)13(9)18)8-17-5-3-11(4-6-17)14(15)19;;/h7,11H,3-6,8H2,1-2H3,(H2,15,19)(H,16,18);2*1H. The third-order valence-electron chi connectivity index (χ3n) is 3.99. The third kappa shape index (κ3) is 4.73. The van der Waals surface area contributed by atoms with E-state index in [1.54, 1.807) is 6.20 Å². The zero-order chi connectivity index (χ0) is 14.0. The van der Waals surface area contributed by atoms with Gasteiger partial charge in [0.1, 0.15) is 0 Å². The summed E-state index contributed by atoms with van der Waals surface area (Å²) >= 11 is 0. The molecule has 0 aromatic carbocycles. The molecule has 1 aliphatic heterocycles. The molecule has 1 saturated heterocycles. The topological polar surface area (TPSA) is 79.2 Å². The number of halogens is 2. The highest BCUT2D eigenvalue weighted by atomic mass is 35.5. The number of amides is 1. The molecule has 2 rings (SSSR count). The first-order chi connectivity index (χ1) is 8.99. The first kappa shape index (κ1) is 20.0. The Morgan fingerprint density at radius 3 is 2.43 bits per heavy atom. The lowest BCUT2D eigenvalue weighted by Gasteiger charge is -2.30. The molecule has 0 saturated carbocycles. The number of H-pyrrole nitrogens is 1. The summed E-state index contributed by atoms with van der Waals surface area (Å²) in [6.07, 6.45) is 3.38. The van der Waals surface area contributed by atoms with E-state index in [9.17, 15) is 9.59 Å². The van der Waals surface area contributed by atoms with Gasteiger partial charge in [0.05, 0.1) is 0 Å². The molecule has 1 aliphatic rings. The number of piperidine rings is 1. The summed E-state index contributed by atoms with van der Waals surface area (Å²) in [5, 5.41) is 0. The number of aryl methyl sites for hydroxylation is 1.